The van der Waals surface area contributed by atoms with Gasteiger partial charge in [-0.3, -0.25) is 4.90 Å². The monoisotopic (exact) mass is 438 g/mol. The summed E-state index contributed by atoms with van der Waals surface area (Å²) in [5.74, 6) is 1.66. The van der Waals surface area contributed by atoms with Crippen molar-refractivity contribution in [3.05, 3.63) is 59.4 Å². The van der Waals surface area contributed by atoms with Crippen LogP contribution in [-0.2, 0) is 14.3 Å². The predicted molar refractivity (Wildman–Crippen MR) is 126 cm³/mol. The van der Waals surface area contributed by atoms with Gasteiger partial charge in [0.05, 0.1) is 19.4 Å². The molecule has 0 saturated carbocycles. The van der Waals surface area contributed by atoms with E-state index in [-0.39, 0.29) is 18.0 Å². The number of para-hydroxylation sites is 2. The molecule has 0 spiro atoms. The van der Waals surface area contributed by atoms with Gasteiger partial charge < -0.3 is 19.1 Å². The average Bonchev–Trinajstić information content (AvgIpc) is 2.81. The molecule has 1 fully saturated rings. The van der Waals surface area contributed by atoms with Crippen molar-refractivity contribution in [2.24, 2.45) is 5.92 Å². The van der Waals surface area contributed by atoms with Crippen molar-refractivity contribution in [2.45, 2.75) is 32.8 Å². The van der Waals surface area contributed by atoms with E-state index in [4.69, 9.17) is 14.2 Å². The molecule has 2 unspecified atom stereocenters. The number of ether oxygens (including phenoxy) is 3. The fourth-order valence-corrected chi connectivity index (χ4v) is 4.71. The van der Waals surface area contributed by atoms with E-state index in [1.807, 2.05) is 32.1 Å². The van der Waals surface area contributed by atoms with Gasteiger partial charge >= 0.3 is 5.97 Å². The number of fused-ring (bicyclic) bond motifs is 1. The normalized spacial score (nSPS) is 23.5. The van der Waals surface area contributed by atoms with Crippen LogP contribution < -0.4 is 9.64 Å². The molecule has 1 aromatic carbocycles. The number of esters is 1. The molecule has 4 rings (SSSR count). The highest BCUT2D eigenvalue weighted by Gasteiger charge is 2.34. The zero-order chi connectivity index (χ0) is 22.5. The molecule has 6 nitrogen and oxygen atoms in total. The molecule has 2 heterocycles. The van der Waals surface area contributed by atoms with E-state index >= 15 is 0 Å². The van der Waals surface area contributed by atoms with Crippen LogP contribution in [0.3, 0.4) is 0 Å². The summed E-state index contributed by atoms with van der Waals surface area (Å²) in [5.41, 5.74) is 3.24. The lowest BCUT2D eigenvalue weighted by Gasteiger charge is -2.36. The van der Waals surface area contributed by atoms with Crippen molar-refractivity contribution in [3.8, 4) is 5.75 Å². The molecule has 0 amide bonds. The topological polar surface area (TPSA) is 51.2 Å². The third-order valence-corrected chi connectivity index (χ3v) is 6.64. The quantitative estimate of drug-likeness (QED) is 0.453. The van der Waals surface area contributed by atoms with Crippen molar-refractivity contribution >= 4 is 11.7 Å². The summed E-state index contributed by atoms with van der Waals surface area (Å²) in [6.45, 7) is 9.91. The fraction of sp³-hybridized carbons (Fsp3) is 0.500. The van der Waals surface area contributed by atoms with Gasteiger partial charge in [-0.1, -0.05) is 23.8 Å². The van der Waals surface area contributed by atoms with E-state index in [2.05, 4.69) is 28.0 Å². The zero-order valence-corrected chi connectivity index (χ0v) is 19.4. The second kappa shape index (κ2) is 10.3. The Balaban J connectivity index is 1.17. The molecule has 6 heteroatoms. The minimum absolute atomic E-state index is 0.134. The summed E-state index contributed by atoms with van der Waals surface area (Å²) in [7, 11) is 1.73. The summed E-state index contributed by atoms with van der Waals surface area (Å²) in [5, 5.41) is 0. The van der Waals surface area contributed by atoms with Crippen molar-refractivity contribution < 1.29 is 19.0 Å². The van der Waals surface area contributed by atoms with E-state index < -0.39 is 0 Å². The standard InChI is InChI=1S/C26H34N2O4/c1-19-18-25(29)32-26-20(2)23(11-10-21(19)26)31-17-7-6-12-27-13-15-28(16-14-27)22-8-4-5-9-24(22)30-3/h4-5,8-11,18,21,26H,6-7,12-17H2,1-3H3. The number of rotatable bonds is 8. The van der Waals surface area contributed by atoms with E-state index in [0.29, 0.717) is 6.61 Å². The van der Waals surface area contributed by atoms with E-state index in [0.717, 1.165) is 68.2 Å². The Morgan fingerprint density at radius 3 is 2.66 bits per heavy atom. The lowest BCUT2D eigenvalue weighted by Crippen LogP contribution is -2.46. The Labute approximate surface area is 191 Å². The minimum Gasteiger partial charge on any atom is -0.495 e. The number of methoxy groups -OCH3 is 1. The van der Waals surface area contributed by atoms with Crippen LogP contribution in [0.15, 0.2) is 59.4 Å². The van der Waals surface area contributed by atoms with Gasteiger partial charge in [0.1, 0.15) is 17.6 Å². The van der Waals surface area contributed by atoms with Gasteiger partial charge in [0.25, 0.3) is 0 Å². The number of carbonyl (C=O) groups is 1. The number of carbonyl (C=O) groups excluding carboxylic acids is 1. The van der Waals surface area contributed by atoms with Crippen LogP contribution in [0.2, 0.25) is 0 Å². The Hall–Kier alpha value is -2.73. The van der Waals surface area contributed by atoms with Crippen LogP contribution >= 0.6 is 0 Å². The van der Waals surface area contributed by atoms with Gasteiger partial charge in [-0.05, 0) is 51.4 Å². The van der Waals surface area contributed by atoms with Crippen LogP contribution in [0.5, 0.6) is 5.75 Å². The van der Waals surface area contributed by atoms with Gasteiger partial charge in [0, 0.05) is 43.7 Å². The van der Waals surface area contributed by atoms with Crippen LogP contribution in [0, 0.1) is 5.92 Å². The SMILES string of the molecule is COc1ccccc1N1CCN(CCCCOC2=C(C)C3OC(=O)C=C(C)C3C=C2)CC1. The number of piperazine rings is 1. The first-order chi connectivity index (χ1) is 15.6. The first-order valence-corrected chi connectivity index (χ1v) is 11.6. The van der Waals surface area contributed by atoms with Gasteiger partial charge in [0.2, 0.25) is 0 Å². The smallest absolute Gasteiger partial charge is 0.331 e. The largest absolute Gasteiger partial charge is 0.495 e. The van der Waals surface area contributed by atoms with Crippen LogP contribution in [-0.4, -0.2) is 63.4 Å². The van der Waals surface area contributed by atoms with E-state index in [1.54, 1.807) is 13.2 Å². The highest BCUT2D eigenvalue weighted by molar-refractivity contribution is 5.84. The van der Waals surface area contributed by atoms with Crippen LogP contribution in [0.1, 0.15) is 26.7 Å². The van der Waals surface area contributed by atoms with Crippen molar-refractivity contribution in [3.63, 3.8) is 0 Å². The first kappa shape index (κ1) is 22.5. The van der Waals surface area contributed by atoms with E-state index in [1.165, 1.54) is 5.69 Å². The van der Waals surface area contributed by atoms with Crippen molar-refractivity contribution in [1.29, 1.82) is 0 Å². The number of unbranched alkanes of at least 4 members (excludes halogenated alkanes) is 1. The molecule has 1 aromatic rings. The second-order valence-electron chi connectivity index (χ2n) is 8.73. The third-order valence-electron chi connectivity index (χ3n) is 6.64. The number of nitrogens with zero attached hydrogens (tertiary/aromatic N) is 2. The summed E-state index contributed by atoms with van der Waals surface area (Å²) in [4.78, 5) is 16.7. The molecule has 0 N–H and O–H groups in total. The number of hydrogen-bond acceptors (Lipinski definition) is 6. The molecule has 1 saturated heterocycles. The highest BCUT2D eigenvalue weighted by atomic mass is 16.5. The molecule has 2 aliphatic heterocycles. The maximum absolute atomic E-state index is 11.8. The summed E-state index contributed by atoms with van der Waals surface area (Å²) in [6, 6.07) is 8.24. The Morgan fingerprint density at radius 2 is 1.88 bits per heavy atom. The molecule has 0 aromatic heterocycles. The molecule has 3 aliphatic rings. The van der Waals surface area contributed by atoms with Crippen molar-refractivity contribution in [2.75, 3.05) is 51.3 Å². The van der Waals surface area contributed by atoms with E-state index in [9.17, 15) is 4.79 Å². The zero-order valence-electron chi connectivity index (χ0n) is 19.4. The Morgan fingerprint density at radius 1 is 1.09 bits per heavy atom. The predicted octanol–water partition coefficient (Wildman–Crippen LogP) is 3.95. The maximum Gasteiger partial charge on any atom is 0.331 e. The molecular weight excluding hydrogens is 404 g/mol. The molecule has 1 aliphatic carbocycles. The number of benzene rings is 1. The third kappa shape index (κ3) is 5.01. The Kier molecular flexibility index (Phi) is 7.20. The lowest BCUT2D eigenvalue weighted by atomic mass is 9.84. The summed E-state index contributed by atoms with van der Waals surface area (Å²) < 4.78 is 17.1. The second-order valence-corrected chi connectivity index (χ2v) is 8.73. The number of hydrogen-bond donors (Lipinski definition) is 0. The molecule has 172 valence electrons. The van der Waals surface area contributed by atoms with Gasteiger partial charge in [-0.25, -0.2) is 4.79 Å². The maximum atomic E-state index is 11.8. The summed E-state index contributed by atoms with van der Waals surface area (Å²) >= 11 is 0. The van der Waals surface area contributed by atoms with Crippen LogP contribution in [0.4, 0.5) is 5.69 Å². The lowest BCUT2D eigenvalue weighted by molar-refractivity contribution is -0.144. The molecule has 32 heavy (non-hydrogen) atoms. The highest BCUT2D eigenvalue weighted by Crippen LogP contribution is 2.34. The molecule has 0 bridgehead atoms. The Bertz CT molecular complexity index is 912. The fourth-order valence-electron chi connectivity index (χ4n) is 4.71. The average molecular weight is 439 g/mol. The number of anilines is 1. The molecular formula is C26H34N2O4. The molecule has 2 atom stereocenters. The number of allylic oxidation sites excluding steroid dienone is 1. The van der Waals surface area contributed by atoms with Gasteiger partial charge in [-0.2, -0.15) is 0 Å². The minimum atomic E-state index is -0.261. The van der Waals surface area contributed by atoms with Gasteiger partial charge in [-0.15, -0.1) is 0 Å². The van der Waals surface area contributed by atoms with Gasteiger partial charge in [0.15, 0.2) is 0 Å². The van der Waals surface area contributed by atoms with Crippen LogP contribution in [0.25, 0.3) is 0 Å². The molecule has 0 radical (unpaired) electrons. The van der Waals surface area contributed by atoms with Crippen molar-refractivity contribution in [1.82, 2.24) is 4.90 Å². The first-order valence-electron chi connectivity index (χ1n) is 11.6. The summed E-state index contributed by atoms with van der Waals surface area (Å²) in [6.07, 6.45) is 7.58.